The third-order valence-corrected chi connectivity index (χ3v) is 4.04. The molecule has 18 heavy (non-hydrogen) atoms. The Bertz CT molecular complexity index is 425. The Morgan fingerprint density at radius 2 is 2.28 bits per heavy atom. The van der Waals surface area contributed by atoms with Crippen LogP contribution in [0.2, 0.25) is 0 Å². The Labute approximate surface area is 109 Å². The molecule has 1 aromatic rings. The lowest BCUT2D eigenvalue weighted by Crippen LogP contribution is -2.42. The topological polar surface area (TPSA) is 47.3 Å². The minimum absolute atomic E-state index is 0.0370. The highest BCUT2D eigenvalue weighted by Crippen LogP contribution is 2.29. The highest BCUT2D eigenvalue weighted by atomic mass is 32.2. The zero-order chi connectivity index (χ0) is 13.1. The van der Waals surface area contributed by atoms with Crippen molar-refractivity contribution in [2.75, 3.05) is 18.1 Å². The SMILES string of the molecule is Cc1ccc(F)c(C(NN)C2CSCCO2)c1F. The number of ether oxygens (including phenoxy) is 1. The van der Waals surface area contributed by atoms with Gasteiger partial charge in [-0.1, -0.05) is 6.07 Å². The second kappa shape index (κ2) is 5.97. The number of halogens is 2. The van der Waals surface area contributed by atoms with Gasteiger partial charge >= 0.3 is 0 Å². The van der Waals surface area contributed by atoms with E-state index in [9.17, 15) is 8.78 Å². The lowest BCUT2D eigenvalue weighted by atomic mass is 9.99. The average molecular weight is 274 g/mol. The molecular weight excluding hydrogens is 258 g/mol. The first kappa shape index (κ1) is 13.7. The molecule has 2 rings (SSSR count). The first-order valence-electron chi connectivity index (χ1n) is 5.75. The lowest BCUT2D eigenvalue weighted by Gasteiger charge is -2.30. The van der Waals surface area contributed by atoms with Crippen LogP contribution in [0.4, 0.5) is 8.78 Å². The van der Waals surface area contributed by atoms with Crippen LogP contribution in [0.3, 0.4) is 0 Å². The van der Waals surface area contributed by atoms with Crippen molar-refractivity contribution in [1.82, 2.24) is 5.43 Å². The van der Waals surface area contributed by atoms with Crippen molar-refractivity contribution in [3.63, 3.8) is 0 Å². The van der Waals surface area contributed by atoms with Gasteiger partial charge in [-0.15, -0.1) is 0 Å². The number of aryl methyl sites for hydroxylation is 1. The molecule has 6 heteroatoms. The molecule has 0 spiro atoms. The van der Waals surface area contributed by atoms with Gasteiger partial charge in [0.2, 0.25) is 0 Å². The summed E-state index contributed by atoms with van der Waals surface area (Å²) in [6, 6.07) is 2.00. The summed E-state index contributed by atoms with van der Waals surface area (Å²) < 4.78 is 33.4. The maximum Gasteiger partial charge on any atom is 0.133 e. The molecule has 1 aliphatic heterocycles. The van der Waals surface area contributed by atoms with E-state index in [-0.39, 0.29) is 11.7 Å². The molecule has 1 aliphatic rings. The zero-order valence-corrected chi connectivity index (χ0v) is 10.9. The molecule has 100 valence electrons. The van der Waals surface area contributed by atoms with Crippen molar-refractivity contribution in [3.05, 3.63) is 34.9 Å². The summed E-state index contributed by atoms with van der Waals surface area (Å²) in [5.41, 5.74) is 2.84. The van der Waals surface area contributed by atoms with Crippen LogP contribution < -0.4 is 11.3 Å². The summed E-state index contributed by atoms with van der Waals surface area (Å²) in [6.07, 6.45) is -0.320. The van der Waals surface area contributed by atoms with Crippen LogP contribution in [0.1, 0.15) is 17.2 Å². The fourth-order valence-corrected chi connectivity index (χ4v) is 2.94. The number of hydrazine groups is 1. The maximum absolute atomic E-state index is 14.1. The predicted octanol–water partition coefficient (Wildman–Crippen LogP) is 1.91. The number of rotatable bonds is 3. The monoisotopic (exact) mass is 274 g/mol. The van der Waals surface area contributed by atoms with Crippen molar-refractivity contribution in [2.24, 2.45) is 5.84 Å². The summed E-state index contributed by atoms with van der Waals surface area (Å²) in [5, 5.41) is 0. The van der Waals surface area contributed by atoms with Crippen LogP contribution in [0.25, 0.3) is 0 Å². The second-order valence-corrected chi connectivity index (χ2v) is 5.37. The van der Waals surface area contributed by atoms with E-state index in [0.717, 1.165) is 5.75 Å². The van der Waals surface area contributed by atoms with Gasteiger partial charge in [-0.05, 0) is 18.6 Å². The molecule has 1 saturated heterocycles. The van der Waals surface area contributed by atoms with E-state index in [1.54, 1.807) is 18.7 Å². The van der Waals surface area contributed by atoms with Crippen molar-refractivity contribution in [1.29, 1.82) is 0 Å². The summed E-state index contributed by atoms with van der Waals surface area (Å²) >= 11 is 1.69. The van der Waals surface area contributed by atoms with Crippen molar-refractivity contribution >= 4 is 11.8 Å². The van der Waals surface area contributed by atoms with Crippen LogP contribution in [0.15, 0.2) is 12.1 Å². The molecule has 2 unspecified atom stereocenters. The molecule has 3 N–H and O–H groups in total. The van der Waals surface area contributed by atoms with Gasteiger partial charge in [0.05, 0.1) is 18.8 Å². The van der Waals surface area contributed by atoms with Gasteiger partial charge in [0.15, 0.2) is 0 Å². The van der Waals surface area contributed by atoms with Crippen LogP contribution >= 0.6 is 11.8 Å². The maximum atomic E-state index is 14.1. The quantitative estimate of drug-likeness (QED) is 0.653. The Kier molecular flexibility index (Phi) is 4.55. The van der Waals surface area contributed by atoms with Crippen molar-refractivity contribution in [3.8, 4) is 0 Å². The Morgan fingerprint density at radius 1 is 1.50 bits per heavy atom. The van der Waals surface area contributed by atoms with Crippen LogP contribution in [-0.2, 0) is 4.74 Å². The largest absolute Gasteiger partial charge is 0.374 e. The molecule has 1 heterocycles. The minimum Gasteiger partial charge on any atom is -0.374 e. The molecule has 0 saturated carbocycles. The first-order valence-corrected chi connectivity index (χ1v) is 6.90. The molecule has 0 radical (unpaired) electrons. The fraction of sp³-hybridized carbons (Fsp3) is 0.500. The van der Waals surface area contributed by atoms with E-state index in [1.165, 1.54) is 12.1 Å². The molecule has 0 amide bonds. The molecule has 0 bridgehead atoms. The Morgan fingerprint density at radius 3 is 2.89 bits per heavy atom. The van der Waals surface area contributed by atoms with E-state index in [4.69, 9.17) is 10.6 Å². The third kappa shape index (κ3) is 2.66. The second-order valence-electron chi connectivity index (χ2n) is 4.22. The van der Waals surface area contributed by atoms with Gasteiger partial charge in [0.25, 0.3) is 0 Å². The Hall–Kier alpha value is -0.690. The number of nitrogens with two attached hydrogens (primary N) is 1. The van der Waals surface area contributed by atoms with E-state index in [0.29, 0.717) is 17.9 Å². The molecule has 1 aromatic carbocycles. The number of hydrogen-bond acceptors (Lipinski definition) is 4. The Balaban J connectivity index is 2.34. The highest BCUT2D eigenvalue weighted by molar-refractivity contribution is 7.99. The van der Waals surface area contributed by atoms with E-state index in [1.807, 2.05) is 0 Å². The third-order valence-electron chi connectivity index (χ3n) is 3.02. The summed E-state index contributed by atoms with van der Waals surface area (Å²) in [5.74, 6) is 5.86. The molecule has 0 aliphatic carbocycles. The normalized spacial score (nSPS) is 21.9. The summed E-state index contributed by atoms with van der Waals surface area (Å²) in [7, 11) is 0. The van der Waals surface area contributed by atoms with Gasteiger partial charge in [-0.25, -0.2) is 8.78 Å². The minimum atomic E-state index is -0.669. The van der Waals surface area contributed by atoms with Gasteiger partial charge in [-0.3, -0.25) is 11.3 Å². The van der Waals surface area contributed by atoms with E-state index in [2.05, 4.69) is 5.43 Å². The standard InChI is InChI=1S/C12H16F2N2OS/c1-7-2-3-8(13)10(11(7)14)12(16-15)9-6-18-5-4-17-9/h2-3,9,12,16H,4-6,15H2,1H3. The van der Waals surface area contributed by atoms with E-state index >= 15 is 0 Å². The molecule has 3 nitrogen and oxygen atoms in total. The van der Waals surface area contributed by atoms with Crippen LogP contribution in [-0.4, -0.2) is 24.2 Å². The van der Waals surface area contributed by atoms with Crippen molar-refractivity contribution < 1.29 is 13.5 Å². The number of nitrogens with one attached hydrogen (secondary N) is 1. The number of hydrogen-bond donors (Lipinski definition) is 2. The summed E-state index contributed by atoms with van der Waals surface area (Å²) in [4.78, 5) is 0. The average Bonchev–Trinajstić information content (AvgIpc) is 2.40. The first-order chi connectivity index (χ1) is 8.65. The molecule has 2 atom stereocenters. The van der Waals surface area contributed by atoms with Gasteiger partial charge in [0, 0.05) is 17.1 Å². The van der Waals surface area contributed by atoms with Crippen LogP contribution in [0.5, 0.6) is 0 Å². The highest BCUT2D eigenvalue weighted by Gasteiger charge is 2.30. The van der Waals surface area contributed by atoms with Gasteiger partial charge in [0.1, 0.15) is 11.6 Å². The molecule has 1 fully saturated rings. The van der Waals surface area contributed by atoms with E-state index < -0.39 is 17.7 Å². The predicted molar refractivity (Wildman–Crippen MR) is 68.2 cm³/mol. The fourth-order valence-electron chi connectivity index (χ4n) is 2.04. The summed E-state index contributed by atoms with van der Waals surface area (Å²) in [6.45, 7) is 2.17. The van der Waals surface area contributed by atoms with Gasteiger partial charge in [-0.2, -0.15) is 11.8 Å². The number of benzene rings is 1. The van der Waals surface area contributed by atoms with Crippen LogP contribution in [0, 0.1) is 18.6 Å². The van der Waals surface area contributed by atoms with Crippen molar-refractivity contribution in [2.45, 2.75) is 19.1 Å². The van der Waals surface area contributed by atoms with Gasteiger partial charge < -0.3 is 4.74 Å². The molecular formula is C12H16F2N2OS. The zero-order valence-electron chi connectivity index (χ0n) is 10.1. The number of thioether (sulfide) groups is 1. The molecule has 0 aromatic heterocycles. The lowest BCUT2D eigenvalue weighted by molar-refractivity contribution is 0.0448. The smallest absolute Gasteiger partial charge is 0.133 e.